The molecule has 0 aromatic carbocycles. The largest absolute Gasteiger partial charge is 0.465 e. The second-order valence-corrected chi connectivity index (χ2v) is 3.65. The van der Waals surface area contributed by atoms with Crippen LogP contribution in [0.2, 0.25) is 0 Å². The summed E-state index contributed by atoms with van der Waals surface area (Å²) in [7, 11) is 0. The molecule has 0 aliphatic heterocycles. The van der Waals surface area contributed by atoms with E-state index in [1.54, 1.807) is 13.8 Å². The first-order chi connectivity index (χ1) is 9.01. The van der Waals surface area contributed by atoms with Crippen molar-refractivity contribution < 1.29 is 19.1 Å². The number of esters is 2. The summed E-state index contributed by atoms with van der Waals surface area (Å²) >= 11 is 0. The molecule has 19 heavy (non-hydrogen) atoms. The highest BCUT2D eigenvalue weighted by atomic mass is 16.6. The maximum absolute atomic E-state index is 11.8. The zero-order valence-corrected chi connectivity index (χ0v) is 10.9. The van der Waals surface area contributed by atoms with Gasteiger partial charge in [-0.05, 0) is 26.0 Å². The molecule has 1 aromatic heterocycles. The molecule has 7 heteroatoms. The molecule has 0 saturated carbocycles. The molecule has 0 atom stereocenters. The molecule has 0 amide bonds. The van der Waals surface area contributed by atoms with Gasteiger partial charge in [-0.1, -0.05) is 0 Å². The first-order valence-corrected chi connectivity index (χ1v) is 5.86. The quantitative estimate of drug-likeness (QED) is 0.587. The molecule has 4 N–H and O–H groups in total. The normalized spacial score (nSPS) is 10.3. The van der Waals surface area contributed by atoms with Crippen LogP contribution in [-0.4, -0.2) is 30.1 Å². The van der Waals surface area contributed by atoms with Crippen LogP contribution in [0.1, 0.15) is 25.5 Å². The molecule has 7 nitrogen and oxygen atoms in total. The fourth-order valence-electron chi connectivity index (χ4n) is 1.45. The van der Waals surface area contributed by atoms with E-state index in [2.05, 4.69) is 4.98 Å². The van der Waals surface area contributed by atoms with Gasteiger partial charge in [0.05, 0.1) is 24.6 Å². The van der Waals surface area contributed by atoms with E-state index in [1.807, 2.05) is 0 Å². The standard InChI is InChI=1S/C12H17N3O4/c1-3-18-11(16)9(12(17)19-4-2)8-6-5-7(13)10(14)15-8/h5-6,9H,3-4,13H2,1-2H3,(H2,14,15). The molecule has 1 rings (SSSR count). The Morgan fingerprint density at radius 3 is 2.11 bits per heavy atom. The lowest BCUT2D eigenvalue weighted by molar-refractivity contribution is -0.157. The Morgan fingerprint density at radius 2 is 1.68 bits per heavy atom. The van der Waals surface area contributed by atoms with Gasteiger partial charge >= 0.3 is 11.9 Å². The van der Waals surface area contributed by atoms with E-state index in [0.717, 1.165) is 0 Å². The van der Waals surface area contributed by atoms with E-state index in [4.69, 9.17) is 20.9 Å². The molecule has 0 fully saturated rings. The number of hydrogen-bond acceptors (Lipinski definition) is 7. The Hall–Kier alpha value is -2.31. The number of nitrogen functional groups attached to an aromatic ring is 2. The van der Waals surface area contributed by atoms with Crippen LogP contribution < -0.4 is 11.5 Å². The van der Waals surface area contributed by atoms with Gasteiger partial charge in [-0.3, -0.25) is 9.59 Å². The highest BCUT2D eigenvalue weighted by Crippen LogP contribution is 2.21. The molecule has 1 heterocycles. The minimum atomic E-state index is -1.25. The predicted octanol–water partition coefficient (Wildman–Crippen LogP) is 0.456. The van der Waals surface area contributed by atoms with Crippen molar-refractivity contribution in [1.82, 2.24) is 4.98 Å². The Balaban J connectivity index is 3.11. The summed E-state index contributed by atoms with van der Waals surface area (Å²) < 4.78 is 9.69. The van der Waals surface area contributed by atoms with E-state index in [0.29, 0.717) is 0 Å². The molecule has 0 spiro atoms. The Labute approximate surface area is 110 Å². The summed E-state index contributed by atoms with van der Waals surface area (Å²) in [5, 5.41) is 0. The fraction of sp³-hybridized carbons (Fsp3) is 0.417. The number of hydrogen-bond donors (Lipinski definition) is 2. The van der Waals surface area contributed by atoms with Gasteiger partial charge in [0, 0.05) is 0 Å². The van der Waals surface area contributed by atoms with Crippen LogP contribution in [0.25, 0.3) is 0 Å². The summed E-state index contributed by atoms with van der Waals surface area (Å²) in [6.07, 6.45) is 0. The Kier molecular flexibility index (Phi) is 5.11. The highest BCUT2D eigenvalue weighted by Gasteiger charge is 2.33. The molecule has 0 unspecified atom stereocenters. The summed E-state index contributed by atoms with van der Waals surface area (Å²) in [6, 6.07) is 2.92. The fourth-order valence-corrected chi connectivity index (χ4v) is 1.45. The monoisotopic (exact) mass is 267 g/mol. The van der Waals surface area contributed by atoms with Crippen LogP contribution in [0.4, 0.5) is 11.5 Å². The van der Waals surface area contributed by atoms with Crippen molar-refractivity contribution in [3.63, 3.8) is 0 Å². The van der Waals surface area contributed by atoms with Gasteiger partial charge in [-0.2, -0.15) is 0 Å². The van der Waals surface area contributed by atoms with Gasteiger partial charge < -0.3 is 20.9 Å². The average molecular weight is 267 g/mol. The molecule has 0 aliphatic rings. The number of aromatic nitrogens is 1. The van der Waals surface area contributed by atoms with E-state index in [1.165, 1.54) is 12.1 Å². The van der Waals surface area contributed by atoms with Crippen molar-refractivity contribution >= 4 is 23.4 Å². The van der Waals surface area contributed by atoms with E-state index in [9.17, 15) is 9.59 Å². The summed E-state index contributed by atoms with van der Waals surface area (Å²) in [6.45, 7) is 3.59. The first kappa shape index (κ1) is 14.7. The third-order valence-electron chi connectivity index (χ3n) is 2.32. The van der Waals surface area contributed by atoms with Crippen LogP contribution in [0.15, 0.2) is 12.1 Å². The number of nitrogens with zero attached hydrogens (tertiary/aromatic N) is 1. The molecule has 1 aromatic rings. The molecular weight excluding hydrogens is 250 g/mol. The average Bonchev–Trinajstić information content (AvgIpc) is 2.34. The van der Waals surface area contributed by atoms with Crippen molar-refractivity contribution in [2.24, 2.45) is 0 Å². The zero-order chi connectivity index (χ0) is 14.4. The maximum atomic E-state index is 11.8. The minimum Gasteiger partial charge on any atom is -0.465 e. The third kappa shape index (κ3) is 3.57. The van der Waals surface area contributed by atoms with Crippen LogP contribution in [-0.2, 0) is 19.1 Å². The van der Waals surface area contributed by atoms with Gasteiger partial charge in [0.2, 0.25) is 0 Å². The lowest BCUT2D eigenvalue weighted by Crippen LogP contribution is -2.27. The van der Waals surface area contributed by atoms with Gasteiger partial charge in [-0.25, -0.2) is 4.98 Å². The van der Waals surface area contributed by atoms with Crippen molar-refractivity contribution in [2.45, 2.75) is 19.8 Å². The molecule has 0 radical (unpaired) electrons. The number of rotatable bonds is 5. The number of nitrogens with two attached hydrogens (primary N) is 2. The minimum absolute atomic E-state index is 0.0519. The number of carbonyl (C=O) groups excluding carboxylic acids is 2. The van der Waals surface area contributed by atoms with Gasteiger partial charge in [0.1, 0.15) is 5.82 Å². The van der Waals surface area contributed by atoms with Crippen molar-refractivity contribution in [1.29, 1.82) is 0 Å². The topological polar surface area (TPSA) is 118 Å². The SMILES string of the molecule is CCOC(=O)C(C(=O)OCC)c1ccc(N)c(N)n1. The number of carbonyl (C=O) groups is 2. The third-order valence-corrected chi connectivity index (χ3v) is 2.32. The van der Waals surface area contributed by atoms with E-state index >= 15 is 0 Å². The number of ether oxygens (including phenoxy) is 2. The Bertz CT molecular complexity index is 458. The van der Waals surface area contributed by atoms with E-state index in [-0.39, 0.29) is 30.4 Å². The molecule has 104 valence electrons. The zero-order valence-electron chi connectivity index (χ0n) is 10.9. The number of pyridine rings is 1. The van der Waals surface area contributed by atoms with Crippen LogP contribution in [0.3, 0.4) is 0 Å². The molecular formula is C12H17N3O4. The smallest absolute Gasteiger partial charge is 0.326 e. The second-order valence-electron chi connectivity index (χ2n) is 3.65. The summed E-state index contributed by atoms with van der Waals surface area (Å²) in [5.74, 6) is -2.64. The van der Waals surface area contributed by atoms with Crippen molar-refractivity contribution in [3.8, 4) is 0 Å². The lowest BCUT2D eigenvalue weighted by atomic mass is 10.1. The molecule has 0 saturated heterocycles. The summed E-state index contributed by atoms with van der Waals surface area (Å²) in [4.78, 5) is 27.6. The first-order valence-electron chi connectivity index (χ1n) is 5.86. The highest BCUT2D eigenvalue weighted by molar-refractivity contribution is 6.00. The maximum Gasteiger partial charge on any atom is 0.326 e. The van der Waals surface area contributed by atoms with Crippen molar-refractivity contribution in [2.75, 3.05) is 24.7 Å². The Morgan fingerprint density at radius 1 is 1.16 bits per heavy atom. The summed E-state index contributed by atoms with van der Waals surface area (Å²) in [5.41, 5.74) is 11.5. The lowest BCUT2D eigenvalue weighted by Gasteiger charge is -2.14. The number of anilines is 2. The van der Waals surface area contributed by atoms with Gasteiger partial charge in [-0.15, -0.1) is 0 Å². The van der Waals surface area contributed by atoms with Crippen LogP contribution >= 0.6 is 0 Å². The predicted molar refractivity (Wildman–Crippen MR) is 69.1 cm³/mol. The van der Waals surface area contributed by atoms with E-state index < -0.39 is 17.9 Å². The van der Waals surface area contributed by atoms with Crippen LogP contribution in [0.5, 0.6) is 0 Å². The van der Waals surface area contributed by atoms with Crippen LogP contribution in [0, 0.1) is 0 Å². The van der Waals surface area contributed by atoms with Gasteiger partial charge in [0.15, 0.2) is 5.92 Å². The van der Waals surface area contributed by atoms with Gasteiger partial charge in [0.25, 0.3) is 0 Å². The molecule has 0 bridgehead atoms. The molecule has 0 aliphatic carbocycles. The van der Waals surface area contributed by atoms with Crippen molar-refractivity contribution in [3.05, 3.63) is 17.8 Å². The second kappa shape index (κ2) is 6.58.